The summed E-state index contributed by atoms with van der Waals surface area (Å²) in [5.74, 6) is -0.0236. The van der Waals surface area contributed by atoms with Crippen LogP contribution in [0.3, 0.4) is 0 Å². The molecule has 0 aliphatic heterocycles. The van der Waals surface area contributed by atoms with E-state index in [4.69, 9.17) is 0 Å². The van der Waals surface area contributed by atoms with Crippen molar-refractivity contribution in [3.63, 3.8) is 0 Å². The molecule has 0 spiro atoms. The molecule has 2 bridgehead atoms. The van der Waals surface area contributed by atoms with Crippen LogP contribution in [-0.2, 0) is 0 Å². The molecule has 0 atom stereocenters. The van der Waals surface area contributed by atoms with Crippen molar-refractivity contribution in [2.45, 2.75) is 6.92 Å². The average molecular weight is 287 g/mol. The fourth-order valence-electron chi connectivity index (χ4n) is 3.00. The molecule has 0 fully saturated rings. The summed E-state index contributed by atoms with van der Waals surface area (Å²) in [5, 5.41) is 1.91. The number of benzene rings is 3. The van der Waals surface area contributed by atoms with Gasteiger partial charge in [-0.25, -0.2) is 0 Å². The number of rotatable bonds is 2. The summed E-state index contributed by atoms with van der Waals surface area (Å²) in [6, 6.07) is 17.0. The van der Waals surface area contributed by atoms with Crippen LogP contribution < -0.4 is 0 Å². The molecular formula is C19H13NO2. The lowest BCUT2D eigenvalue weighted by molar-refractivity contribution is 0.0969. The van der Waals surface area contributed by atoms with Gasteiger partial charge in [-0.05, 0) is 59.7 Å². The Hall–Kier alpha value is -2.94. The molecule has 0 unspecified atom stereocenters. The maximum absolute atomic E-state index is 12.8. The standard InChI is InChI=1S/C19H13NO2/c1-12-8-17-6-7-18(12)20(17)19(22)16-5-4-14-9-13(11-21)2-3-15(14)10-16/h2-11H,1H3. The minimum absolute atomic E-state index is 0.0236. The third-order valence-electron chi connectivity index (χ3n) is 4.13. The molecule has 2 aromatic heterocycles. The van der Waals surface area contributed by atoms with Gasteiger partial charge in [0.25, 0.3) is 5.91 Å². The van der Waals surface area contributed by atoms with Gasteiger partial charge in [-0.1, -0.05) is 18.2 Å². The molecule has 22 heavy (non-hydrogen) atoms. The number of nitrogens with zero attached hydrogens (tertiary/aromatic N) is 1. The summed E-state index contributed by atoms with van der Waals surface area (Å²) in [6.45, 7) is 2.01. The number of carbonyl (C=O) groups is 2. The van der Waals surface area contributed by atoms with E-state index in [1.54, 1.807) is 10.6 Å². The Morgan fingerprint density at radius 1 is 0.955 bits per heavy atom. The Balaban J connectivity index is 1.84. The van der Waals surface area contributed by atoms with E-state index in [9.17, 15) is 9.59 Å². The third-order valence-corrected chi connectivity index (χ3v) is 4.13. The topological polar surface area (TPSA) is 39.1 Å². The third kappa shape index (κ3) is 1.76. The number of hydrogen-bond acceptors (Lipinski definition) is 2. The van der Waals surface area contributed by atoms with E-state index in [0.717, 1.165) is 33.7 Å². The molecule has 4 aromatic rings. The minimum Gasteiger partial charge on any atom is -0.298 e. The number of fused-ring (bicyclic) bond motifs is 3. The molecule has 0 N–H and O–H groups in total. The highest BCUT2D eigenvalue weighted by atomic mass is 16.2. The zero-order valence-electron chi connectivity index (χ0n) is 12.0. The van der Waals surface area contributed by atoms with E-state index in [1.165, 1.54) is 0 Å². The summed E-state index contributed by atoms with van der Waals surface area (Å²) >= 11 is 0. The van der Waals surface area contributed by atoms with Crippen molar-refractivity contribution >= 4 is 34.0 Å². The highest BCUT2D eigenvalue weighted by molar-refractivity contribution is 6.06. The Bertz CT molecular complexity index is 1030. The van der Waals surface area contributed by atoms with Gasteiger partial charge in [0.15, 0.2) is 0 Å². The van der Waals surface area contributed by atoms with E-state index >= 15 is 0 Å². The van der Waals surface area contributed by atoms with E-state index in [1.807, 2.05) is 55.5 Å². The van der Waals surface area contributed by atoms with Crippen molar-refractivity contribution < 1.29 is 9.59 Å². The SMILES string of the molecule is Cc1cc2ccc1n2C(=O)c1ccc2cc(C=O)ccc2c1. The van der Waals surface area contributed by atoms with E-state index in [0.29, 0.717) is 11.1 Å². The fraction of sp³-hybridized carbons (Fsp3) is 0.0526. The van der Waals surface area contributed by atoms with Gasteiger partial charge in [0.05, 0.1) is 5.52 Å². The molecule has 3 heteroatoms. The number of carbonyl (C=O) groups excluding carboxylic acids is 2. The predicted octanol–water partition coefficient (Wildman–Crippen LogP) is 4.04. The first-order valence-corrected chi connectivity index (χ1v) is 7.11. The molecule has 106 valence electrons. The maximum Gasteiger partial charge on any atom is 0.262 e. The number of aryl methyl sites for hydroxylation is 1. The van der Waals surface area contributed by atoms with Crippen molar-refractivity contribution in [3.8, 4) is 0 Å². The van der Waals surface area contributed by atoms with Gasteiger partial charge >= 0.3 is 0 Å². The summed E-state index contributed by atoms with van der Waals surface area (Å²) in [7, 11) is 0. The van der Waals surface area contributed by atoms with Crippen molar-refractivity contribution in [3.05, 3.63) is 71.3 Å². The van der Waals surface area contributed by atoms with Crippen LogP contribution >= 0.6 is 0 Å². The quantitative estimate of drug-likeness (QED) is 0.522. The first-order chi connectivity index (χ1) is 10.7. The van der Waals surface area contributed by atoms with Crippen LogP contribution in [0.15, 0.2) is 54.6 Å². The Morgan fingerprint density at radius 2 is 1.73 bits per heavy atom. The van der Waals surface area contributed by atoms with Crippen molar-refractivity contribution in [2.24, 2.45) is 0 Å². The Morgan fingerprint density at radius 3 is 2.41 bits per heavy atom. The minimum atomic E-state index is -0.0236. The monoisotopic (exact) mass is 287 g/mol. The normalized spacial score (nSPS) is 11.3. The van der Waals surface area contributed by atoms with Crippen LogP contribution in [0.1, 0.15) is 26.3 Å². The molecular weight excluding hydrogens is 274 g/mol. The van der Waals surface area contributed by atoms with Crippen molar-refractivity contribution in [2.75, 3.05) is 0 Å². The first-order valence-electron chi connectivity index (χ1n) is 7.11. The zero-order chi connectivity index (χ0) is 15.3. The molecule has 0 amide bonds. The molecule has 0 radical (unpaired) electrons. The van der Waals surface area contributed by atoms with E-state index in [-0.39, 0.29) is 5.91 Å². The van der Waals surface area contributed by atoms with Crippen LogP contribution in [0.25, 0.3) is 21.8 Å². The molecule has 3 nitrogen and oxygen atoms in total. The number of aldehydes is 1. The van der Waals surface area contributed by atoms with Crippen LogP contribution in [0.2, 0.25) is 0 Å². The van der Waals surface area contributed by atoms with E-state index < -0.39 is 0 Å². The molecule has 0 saturated heterocycles. The van der Waals surface area contributed by atoms with Crippen LogP contribution in [0, 0.1) is 6.92 Å². The van der Waals surface area contributed by atoms with Gasteiger partial charge in [0.2, 0.25) is 0 Å². The largest absolute Gasteiger partial charge is 0.298 e. The molecule has 0 aliphatic rings. The Kier molecular flexibility index (Phi) is 2.63. The second kappa shape index (κ2) is 4.53. The second-order valence-corrected chi connectivity index (χ2v) is 5.55. The highest BCUT2D eigenvalue weighted by Crippen LogP contribution is 2.25. The molecule has 0 aliphatic carbocycles. The van der Waals surface area contributed by atoms with Gasteiger partial charge < -0.3 is 0 Å². The smallest absolute Gasteiger partial charge is 0.262 e. The average Bonchev–Trinajstić information content (AvgIpc) is 3.09. The van der Waals surface area contributed by atoms with Crippen molar-refractivity contribution in [1.82, 2.24) is 4.57 Å². The van der Waals surface area contributed by atoms with Gasteiger partial charge in [-0.2, -0.15) is 0 Å². The van der Waals surface area contributed by atoms with Crippen LogP contribution in [0.4, 0.5) is 0 Å². The molecule has 0 saturated carbocycles. The molecule has 4 rings (SSSR count). The van der Waals surface area contributed by atoms with Crippen LogP contribution in [0.5, 0.6) is 0 Å². The van der Waals surface area contributed by atoms with Gasteiger partial charge in [-0.15, -0.1) is 0 Å². The first kappa shape index (κ1) is 12.8. The lowest BCUT2D eigenvalue weighted by atomic mass is 10.0. The van der Waals surface area contributed by atoms with Crippen molar-refractivity contribution in [1.29, 1.82) is 0 Å². The van der Waals surface area contributed by atoms with E-state index in [2.05, 4.69) is 0 Å². The fourth-order valence-corrected chi connectivity index (χ4v) is 3.00. The maximum atomic E-state index is 12.8. The van der Waals surface area contributed by atoms with Gasteiger partial charge in [-0.3, -0.25) is 14.2 Å². The summed E-state index contributed by atoms with van der Waals surface area (Å²) in [5.41, 5.74) is 4.28. The Labute approximate surface area is 127 Å². The summed E-state index contributed by atoms with van der Waals surface area (Å²) < 4.78 is 1.75. The predicted molar refractivity (Wildman–Crippen MR) is 86.9 cm³/mol. The van der Waals surface area contributed by atoms with Crippen LogP contribution in [-0.4, -0.2) is 16.8 Å². The van der Waals surface area contributed by atoms with Gasteiger partial charge in [0, 0.05) is 16.6 Å². The second-order valence-electron chi connectivity index (χ2n) is 5.55. The highest BCUT2D eigenvalue weighted by Gasteiger charge is 2.16. The number of aromatic nitrogens is 1. The zero-order valence-corrected chi connectivity index (χ0v) is 12.0. The lowest BCUT2D eigenvalue weighted by Crippen LogP contribution is -2.10. The summed E-state index contributed by atoms with van der Waals surface area (Å²) in [6.07, 6.45) is 0.827. The lowest BCUT2D eigenvalue weighted by Gasteiger charge is -2.06. The number of hydrogen-bond donors (Lipinski definition) is 0. The molecule has 2 aromatic carbocycles. The molecule has 2 heterocycles. The summed E-state index contributed by atoms with van der Waals surface area (Å²) in [4.78, 5) is 23.6. The van der Waals surface area contributed by atoms with Gasteiger partial charge in [0.1, 0.15) is 6.29 Å².